The summed E-state index contributed by atoms with van der Waals surface area (Å²) in [6.45, 7) is 1.68. The average Bonchev–Trinajstić information content (AvgIpc) is 3.11. The van der Waals surface area contributed by atoms with Crippen LogP contribution >= 0.6 is 0 Å². The second kappa shape index (κ2) is 8.68. The van der Waals surface area contributed by atoms with Gasteiger partial charge in [0.2, 0.25) is 0 Å². The molecule has 0 saturated carbocycles. The molecule has 1 atom stereocenters. The van der Waals surface area contributed by atoms with Crippen molar-refractivity contribution < 1.29 is 19.4 Å². The number of benzene rings is 1. The summed E-state index contributed by atoms with van der Waals surface area (Å²) in [5.41, 5.74) is 1.05. The number of carbonyl (C=O) groups is 2. The molecule has 1 saturated heterocycles. The first kappa shape index (κ1) is 18.9. The minimum Gasteiger partial charge on any atom is -0.478 e. The van der Waals surface area contributed by atoms with Crippen molar-refractivity contribution >= 4 is 12.0 Å². The molecule has 8 nitrogen and oxygen atoms in total. The van der Waals surface area contributed by atoms with Crippen LogP contribution in [-0.4, -0.2) is 39.9 Å². The van der Waals surface area contributed by atoms with Crippen LogP contribution in [0.15, 0.2) is 36.7 Å². The molecule has 0 bridgehead atoms. The summed E-state index contributed by atoms with van der Waals surface area (Å²) >= 11 is 0. The van der Waals surface area contributed by atoms with Crippen LogP contribution in [0.1, 0.15) is 40.6 Å². The number of carbonyl (C=O) groups excluding carboxylic acids is 1. The van der Waals surface area contributed by atoms with Gasteiger partial charge in [-0.15, -0.1) is 0 Å². The Bertz CT molecular complexity index is 781. The molecule has 1 aliphatic heterocycles. The lowest BCUT2D eigenvalue weighted by molar-refractivity contribution is 0.0534. The van der Waals surface area contributed by atoms with Crippen molar-refractivity contribution in [1.29, 1.82) is 0 Å². The van der Waals surface area contributed by atoms with Gasteiger partial charge in [-0.05, 0) is 36.5 Å². The van der Waals surface area contributed by atoms with E-state index in [1.165, 1.54) is 12.1 Å². The van der Waals surface area contributed by atoms with Crippen LogP contribution in [0.25, 0.3) is 0 Å². The van der Waals surface area contributed by atoms with E-state index in [-0.39, 0.29) is 23.6 Å². The number of hydrogen-bond acceptors (Lipinski definition) is 4. The van der Waals surface area contributed by atoms with Crippen LogP contribution in [0.5, 0.6) is 0 Å². The Balaban J connectivity index is 1.62. The predicted octanol–water partition coefficient (Wildman–Crippen LogP) is 2.09. The predicted molar refractivity (Wildman–Crippen MR) is 98.3 cm³/mol. The molecule has 1 fully saturated rings. The molecule has 1 aromatic carbocycles. The quantitative estimate of drug-likeness (QED) is 0.720. The monoisotopic (exact) mass is 372 g/mol. The van der Waals surface area contributed by atoms with Gasteiger partial charge in [0.05, 0.1) is 11.6 Å². The van der Waals surface area contributed by atoms with Crippen LogP contribution < -0.4 is 10.6 Å². The Kier molecular flexibility index (Phi) is 6.08. The summed E-state index contributed by atoms with van der Waals surface area (Å²) in [5, 5.41) is 14.8. The summed E-state index contributed by atoms with van der Waals surface area (Å²) in [7, 11) is 1.91. The number of ether oxygens (including phenoxy) is 1. The van der Waals surface area contributed by atoms with E-state index < -0.39 is 5.97 Å². The molecule has 3 rings (SSSR count). The second-order valence-electron chi connectivity index (χ2n) is 6.65. The number of carboxylic acids is 1. The third-order valence-electron chi connectivity index (χ3n) is 4.81. The second-order valence-corrected chi connectivity index (χ2v) is 6.65. The highest BCUT2D eigenvalue weighted by Crippen LogP contribution is 2.29. The zero-order chi connectivity index (χ0) is 19.2. The van der Waals surface area contributed by atoms with Crippen molar-refractivity contribution in [2.45, 2.75) is 25.4 Å². The Hall–Kier alpha value is -2.87. The number of amides is 2. The highest BCUT2D eigenvalue weighted by atomic mass is 16.5. The third-order valence-corrected chi connectivity index (χ3v) is 4.81. The normalized spacial score (nSPS) is 15.9. The average molecular weight is 372 g/mol. The summed E-state index contributed by atoms with van der Waals surface area (Å²) in [6.07, 6.45) is 5.33. The van der Waals surface area contributed by atoms with Crippen LogP contribution in [0.2, 0.25) is 0 Å². The van der Waals surface area contributed by atoms with Gasteiger partial charge in [0.15, 0.2) is 0 Å². The SMILES string of the molecule is Cn1ccnc1C(NC(=O)NCc1ccc(C(=O)O)cc1)C1CCOCC1. The lowest BCUT2D eigenvalue weighted by Gasteiger charge is -2.30. The largest absolute Gasteiger partial charge is 0.478 e. The van der Waals surface area contributed by atoms with E-state index in [4.69, 9.17) is 9.84 Å². The van der Waals surface area contributed by atoms with Gasteiger partial charge in [0.1, 0.15) is 5.82 Å². The molecule has 2 heterocycles. The number of aryl methyl sites for hydroxylation is 1. The number of nitrogens with one attached hydrogen (secondary N) is 2. The van der Waals surface area contributed by atoms with Gasteiger partial charge in [-0.3, -0.25) is 0 Å². The molecule has 1 aliphatic rings. The molecule has 2 amide bonds. The van der Waals surface area contributed by atoms with E-state index in [1.54, 1.807) is 18.3 Å². The molecule has 1 aromatic heterocycles. The Morgan fingerprint density at radius 3 is 2.59 bits per heavy atom. The van der Waals surface area contributed by atoms with Gasteiger partial charge in [0, 0.05) is 39.2 Å². The van der Waals surface area contributed by atoms with E-state index in [1.807, 2.05) is 17.8 Å². The number of aromatic nitrogens is 2. The van der Waals surface area contributed by atoms with E-state index in [0.29, 0.717) is 19.8 Å². The summed E-state index contributed by atoms with van der Waals surface area (Å²) in [6, 6.07) is 5.96. The molecular weight excluding hydrogens is 348 g/mol. The van der Waals surface area contributed by atoms with Crippen LogP contribution in [0, 0.1) is 5.92 Å². The van der Waals surface area contributed by atoms with E-state index >= 15 is 0 Å². The Labute approximate surface area is 157 Å². The van der Waals surface area contributed by atoms with Gasteiger partial charge >= 0.3 is 12.0 Å². The molecule has 144 valence electrons. The van der Waals surface area contributed by atoms with E-state index in [9.17, 15) is 9.59 Å². The van der Waals surface area contributed by atoms with E-state index in [2.05, 4.69) is 15.6 Å². The number of aromatic carboxylic acids is 1. The first-order valence-corrected chi connectivity index (χ1v) is 8.96. The summed E-state index contributed by atoms with van der Waals surface area (Å²) in [5.74, 6) is 0.116. The molecule has 8 heteroatoms. The van der Waals surface area contributed by atoms with Crippen molar-refractivity contribution in [1.82, 2.24) is 20.2 Å². The molecule has 0 radical (unpaired) electrons. The van der Waals surface area contributed by atoms with Gasteiger partial charge in [-0.2, -0.15) is 0 Å². The zero-order valence-corrected chi connectivity index (χ0v) is 15.2. The molecule has 0 spiro atoms. The number of nitrogens with zero attached hydrogens (tertiary/aromatic N) is 2. The number of carboxylic acid groups (broad SMARTS) is 1. The fourth-order valence-electron chi connectivity index (χ4n) is 3.26. The van der Waals surface area contributed by atoms with Gasteiger partial charge < -0.3 is 25.0 Å². The molecule has 0 aliphatic carbocycles. The first-order valence-electron chi connectivity index (χ1n) is 8.96. The minimum absolute atomic E-state index is 0.191. The van der Waals surface area contributed by atoms with Crippen LogP contribution in [0.3, 0.4) is 0 Å². The summed E-state index contributed by atoms with van der Waals surface area (Å²) in [4.78, 5) is 27.8. The highest BCUT2D eigenvalue weighted by molar-refractivity contribution is 5.87. The van der Waals surface area contributed by atoms with Crippen molar-refractivity contribution in [2.24, 2.45) is 13.0 Å². The van der Waals surface area contributed by atoms with Crippen molar-refractivity contribution in [3.05, 3.63) is 53.6 Å². The fourth-order valence-corrected chi connectivity index (χ4v) is 3.26. The van der Waals surface area contributed by atoms with Crippen LogP contribution in [-0.2, 0) is 18.3 Å². The van der Waals surface area contributed by atoms with Gasteiger partial charge in [-0.1, -0.05) is 12.1 Å². The number of rotatable bonds is 6. The maximum absolute atomic E-state index is 12.5. The summed E-state index contributed by atoms with van der Waals surface area (Å²) < 4.78 is 7.36. The highest BCUT2D eigenvalue weighted by Gasteiger charge is 2.29. The Morgan fingerprint density at radius 2 is 2.00 bits per heavy atom. The first-order chi connectivity index (χ1) is 13.0. The van der Waals surface area contributed by atoms with Crippen LogP contribution in [0.4, 0.5) is 4.79 Å². The Morgan fingerprint density at radius 1 is 1.30 bits per heavy atom. The molecule has 2 aromatic rings. The molecule has 1 unspecified atom stereocenters. The number of imidazole rings is 1. The molecule has 27 heavy (non-hydrogen) atoms. The number of urea groups is 1. The number of hydrogen-bond donors (Lipinski definition) is 3. The maximum Gasteiger partial charge on any atom is 0.335 e. The minimum atomic E-state index is -0.971. The standard InChI is InChI=1S/C19H24N4O4/c1-23-9-8-20-17(23)16(14-6-10-27-11-7-14)22-19(26)21-12-13-2-4-15(5-3-13)18(24)25/h2-5,8-9,14,16H,6-7,10-12H2,1H3,(H,24,25)(H2,21,22,26). The smallest absolute Gasteiger partial charge is 0.335 e. The van der Waals surface area contributed by atoms with Gasteiger partial charge in [0.25, 0.3) is 0 Å². The lowest BCUT2D eigenvalue weighted by atomic mass is 9.91. The van der Waals surface area contributed by atoms with Crippen molar-refractivity contribution in [3.8, 4) is 0 Å². The fraction of sp³-hybridized carbons (Fsp3) is 0.421. The molecular formula is C19H24N4O4. The lowest BCUT2D eigenvalue weighted by Crippen LogP contribution is -2.42. The zero-order valence-electron chi connectivity index (χ0n) is 15.2. The maximum atomic E-state index is 12.5. The molecule has 3 N–H and O–H groups in total. The van der Waals surface area contributed by atoms with Crippen molar-refractivity contribution in [2.75, 3.05) is 13.2 Å². The third kappa shape index (κ3) is 4.85. The van der Waals surface area contributed by atoms with Crippen molar-refractivity contribution in [3.63, 3.8) is 0 Å². The van der Waals surface area contributed by atoms with E-state index in [0.717, 1.165) is 24.2 Å². The van der Waals surface area contributed by atoms with Gasteiger partial charge in [-0.25, -0.2) is 14.6 Å². The topological polar surface area (TPSA) is 105 Å².